The summed E-state index contributed by atoms with van der Waals surface area (Å²) >= 11 is 0. The SMILES string of the molecule is Oc1ccccc1CCCC(Oc1ccccc1)Oc1ccccc1. The van der Waals surface area contributed by atoms with Crippen LogP contribution in [0.25, 0.3) is 0 Å². The maximum absolute atomic E-state index is 9.88. The highest BCUT2D eigenvalue weighted by Gasteiger charge is 2.13. The second kappa shape index (κ2) is 8.78. The Morgan fingerprint density at radius 2 is 1.20 bits per heavy atom. The fourth-order valence-corrected chi connectivity index (χ4v) is 2.63. The minimum Gasteiger partial charge on any atom is -0.508 e. The standard InChI is InChI=1S/C22H22O3/c23-21-16-8-7-10-18(21)11-9-17-22(24-19-12-3-1-4-13-19)25-20-14-5-2-6-15-20/h1-8,10,12-16,22-23H,9,11,17H2. The molecule has 0 atom stereocenters. The highest BCUT2D eigenvalue weighted by molar-refractivity contribution is 5.31. The topological polar surface area (TPSA) is 38.7 Å². The van der Waals surface area contributed by atoms with Gasteiger partial charge in [-0.05, 0) is 48.7 Å². The summed E-state index contributed by atoms with van der Waals surface area (Å²) in [4.78, 5) is 0. The van der Waals surface area contributed by atoms with Gasteiger partial charge in [-0.25, -0.2) is 0 Å². The van der Waals surface area contributed by atoms with Crippen molar-refractivity contribution in [3.63, 3.8) is 0 Å². The number of phenols is 1. The minimum absolute atomic E-state index is 0.340. The van der Waals surface area contributed by atoms with E-state index in [1.165, 1.54) is 0 Å². The summed E-state index contributed by atoms with van der Waals surface area (Å²) < 4.78 is 12.0. The first-order valence-corrected chi connectivity index (χ1v) is 8.51. The van der Waals surface area contributed by atoms with Gasteiger partial charge >= 0.3 is 0 Å². The molecule has 0 fully saturated rings. The number of benzene rings is 3. The van der Waals surface area contributed by atoms with Crippen molar-refractivity contribution in [2.75, 3.05) is 0 Å². The lowest BCUT2D eigenvalue weighted by molar-refractivity contribution is -0.00193. The van der Waals surface area contributed by atoms with E-state index < -0.39 is 0 Å². The van der Waals surface area contributed by atoms with Gasteiger partial charge in [-0.15, -0.1) is 0 Å². The van der Waals surface area contributed by atoms with Gasteiger partial charge in [-0.2, -0.15) is 0 Å². The lowest BCUT2D eigenvalue weighted by Crippen LogP contribution is -2.24. The van der Waals surface area contributed by atoms with Crippen LogP contribution < -0.4 is 9.47 Å². The molecule has 0 aliphatic heterocycles. The Balaban J connectivity index is 1.62. The van der Waals surface area contributed by atoms with E-state index in [9.17, 15) is 5.11 Å². The average molecular weight is 334 g/mol. The molecule has 25 heavy (non-hydrogen) atoms. The zero-order chi connectivity index (χ0) is 17.3. The molecule has 0 spiro atoms. The molecule has 3 aromatic rings. The van der Waals surface area contributed by atoms with Crippen LogP contribution in [0.5, 0.6) is 17.2 Å². The lowest BCUT2D eigenvalue weighted by atomic mass is 10.1. The van der Waals surface area contributed by atoms with Gasteiger partial charge in [0.05, 0.1) is 0 Å². The molecule has 1 N–H and O–H groups in total. The van der Waals surface area contributed by atoms with Crippen molar-refractivity contribution in [1.29, 1.82) is 0 Å². The smallest absolute Gasteiger partial charge is 0.241 e. The minimum atomic E-state index is -0.379. The zero-order valence-corrected chi connectivity index (χ0v) is 14.0. The number of aromatic hydroxyl groups is 1. The van der Waals surface area contributed by atoms with Crippen molar-refractivity contribution < 1.29 is 14.6 Å². The summed E-state index contributed by atoms with van der Waals surface area (Å²) in [6.45, 7) is 0. The first kappa shape index (κ1) is 16.9. The molecule has 0 amide bonds. The highest BCUT2D eigenvalue weighted by atomic mass is 16.7. The molecule has 3 rings (SSSR count). The molecule has 3 heteroatoms. The summed E-state index contributed by atoms with van der Waals surface area (Å²) in [6.07, 6.45) is 1.97. The molecule has 0 aliphatic rings. The van der Waals surface area contributed by atoms with Crippen LogP contribution in [0.4, 0.5) is 0 Å². The van der Waals surface area contributed by atoms with Gasteiger partial charge in [0.25, 0.3) is 0 Å². The lowest BCUT2D eigenvalue weighted by Gasteiger charge is -2.20. The van der Waals surface area contributed by atoms with Crippen LogP contribution in [0.1, 0.15) is 18.4 Å². The fraction of sp³-hybridized carbons (Fsp3) is 0.182. The number of rotatable bonds is 8. The van der Waals surface area contributed by atoms with E-state index in [1.54, 1.807) is 6.07 Å². The Bertz CT molecular complexity index is 715. The van der Waals surface area contributed by atoms with Crippen molar-refractivity contribution in [2.45, 2.75) is 25.6 Å². The maximum Gasteiger partial charge on any atom is 0.241 e. The van der Waals surface area contributed by atoms with Gasteiger partial charge in [0, 0.05) is 6.42 Å². The van der Waals surface area contributed by atoms with Crippen LogP contribution in [0.3, 0.4) is 0 Å². The van der Waals surface area contributed by atoms with Crippen LogP contribution in [0.15, 0.2) is 84.9 Å². The highest BCUT2D eigenvalue weighted by Crippen LogP contribution is 2.21. The third kappa shape index (κ3) is 5.28. The van der Waals surface area contributed by atoms with E-state index in [0.717, 1.165) is 36.3 Å². The van der Waals surface area contributed by atoms with Gasteiger partial charge in [0.15, 0.2) is 0 Å². The van der Waals surface area contributed by atoms with Crippen LogP contribution in [0, 0.1) is 0 Å². The van der Waals surface area contributed by atoms with Gasteiger partial charge in [0.2, 0.25) is 6.29 Å². The third-order valence-electron chi connectivity index (χ3n) is 3.90. The Kier molecular flexibility index (Phi) is 5.94. The predicted molar refractivity (Wildman–Crippen MR) is 99.0 cm³/mol. The van der Waals surface area contributed by atoms with E-state index in [0.29, 0.717) is 5.75 Å². The van der Waals surface area contributed by atoms with E-state index >= 15 is 0 Å². The molecule has 0 radical (unpaired) electrons. The molecule has 0 heterocycles. The van der Waals surface area contributed by atoms with Crippen LogP contribution in [-0.2, 0) is 6.42 Å². The van der Waals surface area contributed by atoms with Gasteiger partial charge in [-0.3, -0.25) is 0 Å². The Labute approximate surface area is 148 Å². The van der Waals surface area contributed by atoms with Gasteiger partial charge in [0.1, 0.15) is 17.2 Å². The second-order valence-electron chi connectivity index (χ2n) is 5.81. The number of hydrogen-bond acceptors (Lipinski definition) is 3. The quantitative estimate of drug-likeness (QED) is 0.576. The molecule has 0 unspecified atom stereocenters. The summed E-state index contributed by atoms with van der Waals surface area (Å²) in [5, 5.41) is 9.88. The maximum atomic E-state index is 9.88. The largest absolute Gasteiger partial charge is 0.508 e. The van der Waals surface area contributed by atoms with E-state index in [1.807, 2.05) is 78.9 Å². The van der Waals surface area contributed by atoms with Crippen molar-refractivity contribution in [3.05, 3.63) is 90.5 Å². The third-order valence-corrected chi connectivity index (χ3v) is 3.90. The summed E-state index contributed by atoms with van der Waals surface area (Å²) in [7, 11) is 0. The summed E-state index contributed by atoms with van der Waals surface area (Å²) in [5.74, 6) is 1.91. The molecule has 0 aromatic heterocycles. The Morgan fingerprint density at radius 3 is 1.76 bits per heavy atom. The normalized spacial score (nSPS) is 10.6. The van der Waals surface area contributed by atoms with Crippen LogP contribution in [-0.4, -0.2) is 11.4 Å². The van der Waals surface area contributed by atoms with Crippen LogP contribution >= 0.6 is 0 Å². The first-order chi connectivity index (χ1) is 12.3. The van der Waals surface area contributed by atoms with Crippen molar-refractivity contribution >= 4 is 0 Å². The number of para-hydroxylation sites is 3. The summed E-state index contributed by atoms with van der Waals surface area (Å²) in [6, 6.07) is 26.8. The number of phenolic OH excluding ortho intramolecular Hbond substituents is 1. The van der Waals surface area contributed by atoms with E-state index in [4.69, 9.17) is 9.47 Å². The molecule has 128 valence electrons. The second-order valence-corrected chi connectivity index (χ2v) is 5.81. The number of ether oxygens (including phenoxy) is 2. The van der Waals surface area contributed by atoms with Crippen LogP contribution in [0.2, 0.25) is 0 Å². The number of hydrogen-bond donors (Lipinski definition) is 1. The zero-order valence-electron chi connectivity index (χ0n) is 14.0. The van der Waals surface area contributed by atoms with Crippen molar-refractivity contribution in [3.8, 4) is 17.2 Å². The fourth-order valence-electron chi connectivity index (χ4n) is 2.63. The molecule has 0 saturated heterocycles. The van der Waals surface area contributed by atoms with Gasteiger partial charge < -0.3 is 14.6 Å². The van der Waals surface area contributed by atoms with Crippen molar-refractivity contribution in [1.82, 2.24) is 0 Å². The monoisotopic (exact) mass is 334 g/mol. The molecule has 0 saturated carbocycles. The molecule has 3 nitrogen and oxygen atoms in total. The molecule has 0 bridgehead atoms. The molecule has 3 aromatic carbocycles. The Hall–Kier alpha value is -2.94. The molecular weight excluding hydrogens is 312 g/mol. The van der Waals surface area contributed by atoms with Gasteiger partial charge in [-0.1, -0.05) is 54.6 Å². The Morgan fingerprint density at radius 1 is 0.680 bits per heavy atom. The van der Waals surface area contributed by atoms with Crippen molar-refractivity contribution in [2.24, 2.45) is 0 Å². The molecular formula is C22H22O3. The van der Waals surface area contributed by atoms with E-state index in [2.05, 4.69) is 0 Å². The summed E-state index contributed by atoms with van der Waals surface area (Å²) in [5.41, 5.74) is 0.945. The predicted octanol–water partition coefficient (Wildman–Crippen LogP) is 5.20. The number of aryl methyl sites for hydroxylation is 1. The molecule has 0 aliphatic carbocycles. The average Bonchev–Trinajstić information content (AvgIpc) is 2.65. The first-order valence-electron chi connectivity index (χ1n) is 8.51. The van der Waals surface area contributed by atoms with E-state index in [-0.39, 0.29) is 6.29 Å².